The van der Waals surface area contributed by atoms with Crippen LogP contribution in [-0.2, 0) is 11.3 Å². The Morgan fingerprint density at radius 3 is 2.94 bits per heavy atom. The molecule has 0 aromatic carbocycles. The zero-order valence-electron chi connectivity index (χ0n) is 10.2. The number of nitrogens with two attached hydrogens (primary N) is 1. The monoisotopic (exact) mass is 239 g/mol. The summed E-state index contributed by atoms with van der Waals surface area (Å²) >= 11 is 0. The molecular formula is C12H18FN3O. The van der Waals surface area contributed by atoms with Gasteiger partial charge in [0.15, 0.2) is 0 Å². The van der Waals surface area contributed by atoms with Gasteiger partial charge in [0, 0.05) is 19.0 Å². The van der Waals surface area contributed by atoms with Crippen LogP contribution in [0.25, 0.3) is 0 Å². The van der Waals surface area contributed by atoms with Crippen molar-refractivity contribution >= 4 is 11.6 Å². The van der Waals surface area contributed by atoms with Crippen molar-refractivity contribution in [2.45, 2.75) is 33.2 Å². The van der Waals surface area contributed by atoms with Gasteiger partial charge < -0.3 is 11.1 Å². The summed E-state index contributed by atoms with van der Waals surface area (Å²) in [5.41, 5.74) is 6.32. The van der Waals surface area contributed by atoms with Crippen molar-refractivity contribution in [3.63, 3.8) is 0 Å². The summed E-state index contributed by atoms with van der Waals surface area (Å²) in [6.45, 7) is 4.18. The fraction of sp³-hybridized carbons (Fsp3) is 0.500. The molecule has 1 unspecified atom stereocenters. The maximum absolute atomic E-state index is 13.0. The summed E-state index contributed by atoms with van der Waals surface area (Å²) in [5.74, 6) is -0.319. The van der Waals surface area contributed by atoms with E-state index in [1.165, 1.54) is 6.07 Å². The molecule has 1 rings (SSSR count). The third-order valence-electron chi connectivity index (χ3n) is 2.64. The van der Waals surface area contributed by atoms with Crippen molar-refractivity contribution in [1.82, 2.24) is 4.98 Å². The quantitative estimate of drug-likeness (QED) is 0.826. The highest BCUT2D eigenvalue weighted by Crippen LogP contribution is 2.15. The number of halogens is 1. The molecule has 1 atom stereocenters. The molecule has 0 fully saturated rings. The standard InChI is InChI=1S/C12H18FN3O/c1-3-8(2)4-12(17)16-10-5-9(13)7-15-11(10)6-14/h5,7-8H,3-4,6,14H2,1-2H3,(H,16,17). The molecule has 0 bridgehead atoms. The van der Waals surface area contributed by atoms with Crippen LogP contribution in [0, 0.1) is 11.7 Å². The molecule has 0 aliphatic heterocycles. The zero-order chi connectivity index (χ0) is 12.8. The number of pyridine rings is 1. The highest BCUT2D eigenvalue weighted by Gasteiger charge is 2.11. The number of amides is 1. The molecule has 3 N–H and O–H groups in total. The average molecular weight is 239 g/mol. The van der Waals surface area contributed by atoms with Crippen molar-refractivity contribution in [2.24, 2.45) is 11.7 Å². The van der Waals surface area contributed by atoms with E-state index in [0.717, 1.165) is 12.6 Å². The van der Waals surface area contributed by atoms with E-state index in [-0.39, 0.29) is 12.5 Å². The topological polar surface area (TPSA) is 68.0 Å². The first kappa shape index (κ1) is 13.6. The summed E-state index contributed by atoms with van der Waals surface area (Å²) in [5, 5.41) is 2.65. The van der Waals surface area contributed by atoms with Crippen LogP contribution in [0.1, 0.15) is 32.4 Å². The van der Waals surface area contributed by atoms with Gasteiger partial charge in [-0.05, 0) is 5.92 Å². The second-order valence-electron chi connectivity index (χ2n) is 4.12. The maximum atomic E-state index is 13.0. The van der Waals surface area contributed by atoms with E-state index in [2.05, 4.69) is 10.3 Å². The molecule has 0 spiro atoms. The molecule has 17 heavy (non-hydrogen) atoms. The molecule has 1 aromatic rings. The fourth-order valence-corrected chi connectivity index (χ4v) is 1.40. The normalized spacial score (nSPS) is 12.2. The summed E-state index contributed by atoms with van der Waals surface area (Å²) in [6.07, 6.45) is 2.43. The third kappa shape index (κ3) is 4.11. The van der Waals surface area contributed by atoms with Gasteiger partial charge in [-0.3, -0.25) is 9.78 Å². The highest BCUT2D eigenvalue weighted by molar-refractivity contribution is 5.91. The molecular weight excluding hydrogens is 221 g/mol. The van der Waals surface area contributed by atoms with Gasteiger partial charge >= 0.3 is 0 Å². The van der Waals surface area contributed by atoms with Gasteiger partial charge in [0.25, 0.3) is 0 Å². The first-order chi connectivity index (χ1) is 8.06. The minimum absolute atomic E-state index is 0.138. The van der Waals surface area contributed by atoms with E-state index < -0.39 is 5.82 Å². The number of nitrogens with zero attached hydrogens (tertiary/aromatic N) is 1. The molecule has 0 saturated carbocycles. The van der Waals surface area contributed by atoms with Gasteiger partial charge in [0.2, 0.25) is 5.91 Å². The first-order valence-electron chi connectivity index (χ1n) is 5.71. The van der Waals surface area contributed by atoms with E-state index >= 15 is 0 Å². The molecule has 1 amide bonds. The van der Waals surface area contributed by atoms with Gasteiger partial charge in [-0.1, -0.05) is 20.3 Å². The van der Waals surface area contributed by atoms with Crippen molar-refractivity contribution in [3.05, 3.63) is 23.8 Å². The lowest BCUT2D eigenvalue weighted by molar-refractivity contribution is -0.117. The predicted octanol–water partition coefficient (Wildman–Crippen LogP) is 2.05. The number of carbonyl (C=O) groups is 1. The molecule has 1 aromatic heterocycles. The lowest BCUT2D eigenvalue weighted by Gasteiger charge is -2.11. The van der Waals surface area contributed by atoms with Gasteiger partial charge in [0.1, 0.15) is 5.82 Å². The Morgan fingerprint density at radius 2 is 2.35 bits per heavy atom. The van der Waals surface area contributed by atoms with Crippen LogP contribution in [0.2, 0.25) is 0 Å². The highest BCUT2D eigenvalue weighted by atomic mass is 19.1. The zero-order valence-corrected chi connectivity index (χ0v) is 10.2. The summed E-state index contributed by atoms with van der Waals surface area (Å²) in [7, 11) is 0. The Balaban J connectivity index is 2.73. The molecule has 4 nitrogen and oxygen atoms in total. The maximum Gasteiger partial charge on any atom is 0.224 e. The lowest BCUT2D eigenvalue weighted by Crippen LogP contribution is -2.17. The van der Waals surface area contributed by atoms with Gasteiger partial charge in [-0.25, -0.2) is 4.39 Å². The third-order valence-corrected chi connectivity index (χ3v) is 2.64. The molecule has 94 valence electrons. The van der Waals surface area contributed by atoms with Crippen LogP contribution in [-0.4, -0.2) is 10.9 Å². The SMILES string of the molecule is CCC(C)CC(=O)Nc1cc(F)cnc1CN. The van der Waals surface area contributed by atoms with Gasteiger partial charge in [-0.2, -0.15) is 0 Å². The van der Waals surface area contributed by atoms with Crippen molar-refractivity contribution in [3.8, 4) is 0 Å². The molecule has 1 heterocycles. The van der Waals surface area contributed by atoms with E-state index in [1.807, 2.05) is 13.8 Å². The van der Waals surface area contributed by atoms with Crippen LogP contribution in [0.5, 0.6) is 0 Å². The van der Waals surface area contributed by atoms with E-state index in [4.69, 9.17) is 5.73 Å². The van der Waals surface area contributed by atoms with Crippen molar-refractivity contribution in [1.29, 1.82) is 0 Å². The number of aromatic nitrogens is 1. The number of rotatable bonds is 5. The first-order valence-corrected chi connectivity index (χ1v) is 5.71. The smallest absolute Gasteiger partial charge is 0.224 e. The van der Waals surface area contributed by atoms with Crippen molar-refractivity contribution < 1.29 is 9.18 Å². The minimum atomic E-state index is -0.485. The fourth-order valence-electron chi connectivity index (χ4n) is 1.40. The van der Waals surface area contributed by atoms with Crippen LogP contribution < -0.4 is 11.1 Å². The molecule has 0 radical (unpaired) electrons. The largest absolute Gasteiger partial charge is 0.325 e. The number of hydrogen-bond acceptors (Lipinski definition) is 3. The molecule has 0 aliphatic carbocycles. The van der Waals surface area contributed by atoms with Crippen LogP contribution >= 0.6 is 0 Å². The van der Waals surface area contributed by atoms with Crippen LogP contribution in [0.4, 0.5) is 10.1 Å². The van der Waals surface area contributed by atoms with E-state index in [0.29, 0.717) is 23.7 Å². The second kappa shape index (κ2) is 6.30. The lowest BCUT2D eigenvalue weighted by atomic mass is 10.0. The minimum Gasteiger partial charge on any atom is -0.325 e. The summed E-state index contributed by atoms with van der Waals surface area (Å²) in [6, 6.07) is 1.24. The van der Waals surface area contributed by atoms with Crippen LogP contribution in [0.15, 0.2) is 12.3 Å². The number of hydrogen-bond donors (Lipinski definition) is 2. The number of nitrogens with one attached hydrogen (secondary N) is 1. The second-order valence-corrected chi connectivity index (χ2v) is 4.12. The average Bonchev–Trinajstić information content (AvgIpc) is 2.29. The summed E-state index contributed by atoms with van der Waals surface area (Å²) in [4.78, 5) is 15.5. The molecule has 0 aliphatic rings. The van der Waals surface area contributed by atoms with Crippen molar-refractivity contribution in [2.75, 3.05) is 5.32 Å². The number of anilines is 1. The predicted molar refractivity (Wildman–Crippen MR) is 64.8 cm³/mol. The van der Waals surface area contributed by atoms with Gasteiger partial charge in [-0.15, -0.1) is 0 Å². The Labute approximate surface area is 100 Å². The Hall–Kier alpha value is -1.49. The Bertz CT molecular complexity index is 395. The Morgan fingerprint density at radius 1 is 1.65 bits per heavy atom. The molecule has 5 heteroatoms. The van der Waals surface area contributed by atoms with Crippen LogP contribution in [0.3, 0.4) is 0 Å². The van der Waals surface area contributed by atoms with E-state index in [1.54, 1.807) is 0 Å². The van der Waals surface area contributed by atoms with E-state index in [9.17, 15) is 9.18 Å². The summed E-state index contributed by atoms with van der Waals surface area (Å²) < 4.78 is 13.0. The van der Waals surface area contributed by atoms with Gasteiger partial charge in [0.05, 0.1) is 17.6 Å². The molecule has 0 saturated heterocycles. The number of carbonyl (C=O) groups excluding carboxylic acids is 1. The Kier molecular flexibility index (Phi) is 5.03.